The zero-order valence-corrected chi connectivity index (χ0v) is 23.7. The summed E-state index contributed by atoms with van der Waals surface area (Å²) in [6, 6.07) is 20.9. The van der Waals surface area contributed by atoms with Crippen LogP contribution in [0.3, 0.4) is 0 Å². The molecule has 0 aliphatic carbocycles. The van der Waals surface area contributed by atoms with E-state index in [2.05, 4.69) is 24.1 Å². The predicted molar refractivity (Wildman–Crippen MR) is 157 cm³/mol. The van der Waals surface area contributed by atoms with Crippen molar-refractivity contribution in [1.29, 1.82) is 0 Å². The maximum Gasteiger partial charge on any atom is 0.255 e. The largest absolute Gasteiger partial charge is 0.454 e. The molecule has 7 heteroatoms. The van der Waals surface area contributed by atoms with Gasteiger partial charge in [0.25, 0.3) is 11.8 Å². The summed E-state index contributed by atoms with van der Waals surface area (Å²) in [4.78, 5) is 31.2. The Morgan fingerprint density at radius 3 is 2.30 bits per heavy atom. The Kier molecular flexibility index (Phi) is 8.70. The highest BCUT2D eigenvalue weighted by atomic mass is 16.7. The second kappa shape index (κ2) is 12.6. The molecular weight excluding hydrogens is 502 g/mol. The summed E-state index contributed by atoms with van der Waals surface area (Å²) in [6.07, 6.45) is 3.13. The molecule has 2 amide bonds. The van der Waals surface area contributed by atoms with Gasteiger partial charge in [0.05, 0.1) is 0 Å². The second-order valence-electron chi connectivity index (χ2n) is 11.3. The SMILES string of the molecule is Cc1ccc(C(=O)N(Cc2ccc(C(=O)Nc3ccc4c(c3)OCO4)cc2)C2CCN(CCC(C)C)CC2)cc1. The van der Waals surface area contributed by atoms with Gasteiger partial charge in [-0.1, -0.05) is 43.7 Å². The Hall–Kier alpha value is -3.84. The number of aryl methyl sites for hydroxylation is 1. The Balaban J connectivity index is 1.26. The number of fused-ring (bicyclic) bond motifs is 1. The Bertz CT molecular complexity index is 1310. The highest BCUT2D eigenvalue weighted by Crippen LogP contribution is 2.34. The number of anilines is 1. The van der Waals surface area contributed by atoms with Crippen molar-refractivity contribution in [3.05, 3.63) is 89.0 Å². The number of benzene rings is 3. The molecule has 3 aromatic rings. The molecule has 0 spiro atoms. The van der Waals surface area contributed by atoms with Gasteiger partial charge in [-0.05, 0) is 80.6 Å². The van der Waals surface area contributed by atoms with E-state index in [-0.39, 0.29) is 24.6 Å². The number of likely N-dealkylation sites (tertiary alicyclic amines) is 1. The normalized spacial score (nSPS) is 15.3. The standard InChI is InChI=1S/C33H39N3O4/c1-23(2)14-17-35-18-15-29(16-19-35)36(33(38)27-8-4-24(3)5-9-27)21-25-6-10-26(11-7-25)32(37)34-28-12-13-30-31(20-28)40-22-39-30/h4-13,20,23,29H,14-19,21-22H2,1-3H3,(H,34,37). The summed E-state index contributed by atoms with van der Waals surface area (Å²) in [5.41, 5.74) is 4.05. The van der Waals surface area contributed by atoms with Crippen LogP contribution >= 0.6 is 0 Å². The molecule has 3 aromatic carbocycles. The fourth-order valence-corrected chi connectivity index (χ4v) is 5.26. The summed E-state index contributed by atoms with van der Waals surface area (Å²) >= 11 is 0. The summed E-state index contributed by atoms with van der Waals surface area (Å²) in [6.45, 7) is 10.4. The van der Waals surface area contributed by atoms with Gasteiger partial charge in [-0.3, -0.25) is 9.59 Å². The number of hydrogen-bond acceptors (Lipinski definition) is 5. The van der Waals surface area contributed by atoms with E-state index in [1.165, 1.54) is 6.42 Å². The van der Waals surface area contributed by atoms with Crippen molar-refractivity contribution in [3.8, 4) is 11.5 Å². The van der Waals surface area contributed by atoms with Crippen LogP contribution in [0.1, 0.15) is 65.0 Å². The quantitative estimate of drug-likeness (QED) is 0.353. The maximum absolute atomic E-state index is 13.7. The van der Waals surface area contributed by atoms with Gasteiger partial charge in [-0.2, -0.15) is 0 Å². The fraction of sp³-hybridized carbons (Fsp3) is 0.394. The van der Waals surface area contributed by atoms with Crippen LogP contribution in [0.25, 0.3) is 0 Å². The second-order valence-corrected chi connectivity index (χ2v) is 11.3. The highest BCUT2D eigenvalue weighted by molar-refractivity contribution is 6.04. The molecular formula is C33H39N3O4. The van der Waals surface area contributed by atoms with Gasteiger partial charge in [0.2, 0.25) is 6.79 Å². The van der Waals surface area contributed by atoms with E-state index >= 15 is 0 Å². The molecule has 2 aliphatic heterocycles. The topological polar surface area (TPSA) is 71.1 Å². The lowest BCUT2D eigenvalue weighted by atomic mass is 9.99. The average molecular weight is 542 g/mol. The third kappa shape index (κ3) is 6.83. The van der Waals surface area contributed by atoms with Crippen molar-refractivity contribution < 1.29 is 19.1 Å². The molecule has 1 N–H and O–H groups in total. The molecule has 0 bridgehead atoms. The maximum atomic E-state index is 13.7. The number of hydrogen-bond donors (Lipinski definition) is 1. The number of piperidine rings is 1. The number of nitrogens with zero attached hydrogens (tertiary/aromatic N) is 2. The van der Waals surface area contributed by atoms with Crippen molar-refractivity contribution >= 4 is 17.5 Å². The third-order valence-electron chi connectivity index (χ3n) is 7.78. The fourth-order valence-electron chi connectivity index (χ4n) is 5.26. The lowest BCUT2D eigenvalue weighted by Gasteiger charge is -2.39. The van der Waals surface area contributed by atoms with E-state index in [1.54, 1.807) is 18.2 Å². The van der Waals surface area contributed by atoms with E-state index in [1.807, 2.05) is 60.4 Å². The minimum Gasteiger partial charge on any atom is -0.454 e. The zero-order chi connectivity index (χ0) is 28.1. The lowest BCUT2D eigenvalue weighted by Crippen LogP contribution is -2.47. The van der Waals surface area contributed by atoms with Gasteiger partial charge in [0, 0.05) is 48.6 Å². The Morgan fingerprint density at radius 1 is 0.925 bits per heavy atom. The van der Waals surface area contributed by atoms with E-state index in [9.17, 15) is 9.59 Å². The molecule has 7 nitrogen and oxygen atoms in total. The van der Waals surface area contributed by atoms with Crippen LogP contribution < -0.4 is 14.8 Å². The number of ether oxygens (including phenoxy) is 2. The highest BCUT2D eigenvalue weighted by Gasteiger charge is 2.29. The summed E-state index contributed by atoms with van der Waals surface area (Å²) in [5.74, 6) is 1.85. The molecule has 2 aliphatic rings. The minimum atomic E-state index is -0.202. The molecule has 0 saturated carbocycles. The van der Waals surface area contributed by atoms with Crippen LogP contribution in [-0.4, -0.2) is 54.1 Å². The first-order valence-corrected chi connectivity index (χ1v) is 14.3. The number of nitrogens with one attached hydrogen (secondary N) is 1. The van der Waals surface area contributed by atoms with Gasteiger partial charge in [0.15, 0.2) is 11.5 Å². The molecule has 1 fully saturated rings. The molecule has 40 heavy (non-hydrogen) atoms. The Labute approximate surface area is 237 Å². The van der Waals surface area contributed by atoms with Gasteiger partial charge in [0.1, 0.15) is 0 Å². The van der Waals surface area contributed by atoms with Crippen LogP contribution in [0, 0.1) is 12.8 Å². The lowest BCUT2D eigenvalue weighted by molar-refractivity contribution is 0.0546. The first-order chi connectivity index (χ1) is 19.4. The van der Waals surface area contributed by atoms with Crippen LogP contribution in [0.4, 0.5) is 5.69 Å². The van der Waals surface area contributed by atoms with Crippen molar-refractivity contribution in [2.45, 2.75) is 52.6 Å². The molecule has 0 radical (unpaired) electrons. The minimum absolute atomic E-state index is 0.0604. The summed E-state index contributed by atoms with van der Waals surface area (Å²) in [7, 11) is 0. The van der Waals surface area contributed by atoms with Crippen molar-refractivity contribution in [3.63, 3.8) is 0 Å². The third-order valence-corrected chi connectivity index (χ3v) is 7.78. The summed E-state index contributed by atoms with van der Waals surface area (Å²) in [5, 5.41) is 2.92. The van der Waals surface area contributed by atoms with Crippen molar-refractivity contribution in [2.75, 3.05) is 31.7 Å². The number of carbonyl (C=O) groups excluding carboxylic acids is 2. The molecule has 0 aromatic heterocycles. The van der Waals surface area contributed by atoms with E-state index in [0.717, 1.165) is 43.6 Å². The smallest absolute Gasteiger partial charge is 0.255 e. The van der Waals surface area contributed by atoms with E-state index in [4.69, 9.17) is 9.47 Å². The molecule has 0 atom stereocenters. The molecule has 5 rings (SSSR count). The average Bonchev–Trinajstić information content (AvgIpc) is 3.43. The van der Waals surface area contributed by atoms with Crippen LogP contribution in [0.2, 0.25) is 0 Å². The molecule has 2 heterocycles. The summed E-state index contributed by atoms with van der Waals surface area (Å²) < 4.78 is 10.7. The molecule has 1 saturated heterocycles. The predicted octanol–water partition coefficient (Wildman–Crippen LogP) is 6.13. The molecule has 0 unspecified atom stereocenters. The monoisotopic (exact) mass is 541 g/mol. The van der Waals surface area contributed by atoms with Crippen molar-refractivity contribution in [1.82, 2.24) is 9.80 Å². The number of carbonyl (C=O) groups is 2. The first-order valence-electron chi connectivity index (χ1n) is 14.3. The van der Waals surface area contributed by atoms with Gasteiger partial charge >= 0.3 is 0 Å². The van der Waals surface area contributed by atoms with Gasteiger partial charge in [-0.15, -0.1) is 0 Å². The number of amides is 2. The van der Waals surface area contributed by atoms with Crippen LogP contribution in [0.5, 0.6) is 11.5 Å². The van der Waals surface area contributed by atoms with Crippen LogP contribution in [0.15, 0.2) is 66.7 Å². The van der Waals surface area contributed by atoms with Crippen molar-refractivity contribution in [2.24, 2.45) is 5.92 Å². The first kappa shape index (κ1) is 27.7. The van der Waals surface area contributed by atoms with Gasteiger partial charge in [-0.25, -0.2) is 0 Å². The van der Waals surface area contributed by atoms with E-state index in [0.29, 0.717) is 40.8 Å². The van der Waals surface area contributed by atoms with E-state index < -0.39 is 0 Å². The number of rotatable bonds is 9. The van der Waals surface area contributed by atoms with Crippen LogP contribution in [-0.2, 0) is 6.54 Å². The van der Waals surface area contributed by atoms with Gasteiger partial charge < -0.3 is 24.6 Å². The molecule has 210 valence electrons. The Morgan fingerprint density at radius 2 is 1.60 bits per heavy atom. The zero-order valence-electron chi connectivity index (χ0n) is 23.7.